The number of aromatic nitrogens is 3. The summed E-state index contributed by atoms with van der Waals surface area (Å²) in [5, 5.41) is 33.3. The number of nitriles is 1. The zero-order valence-corrected chi connectivity index (χ0v) is 40.2. The number of amides is 4. The van der Waals surface area contributed by atoms with Crippen molar-refractivity contribution in [1.29, 1.82) is 5.26 Å². The maximum atomic E-state index is 13.9. The highest BCUT2D eigenvalue weighted by atomic mass is 35.5. The van der Waals surface area contributed by atoms with Crippen LogP contribution >= 0.6 is 22.9 Å². The van der Waals surface area contributed by atoms with E-state index >= 15 is 0 Å². The molecule has 0 bridgehead atoms. The number of ether oxygens (including phenoxy) is 3. The van der Waals surface area contributed by atoms with E-state index in [1.54, 1.807) is 52.1 Å². The predicted molar refractivity (Wildman–Crippen MR) is 249 cm³/mol. The lowest BCUT2D eigenvalue weighted by Gasteiger charge is -2.63. The smallest absolute Gasteiger partial charge is 0.254 e. The molecule has 16 nitrogen and oxygen atoms in total. The number of likely N-dealkylation sites (tertiary alicyclic amines) is 1. The summed E-state index contributed by atoms with van der Waals surface area (Å²) in [4.78, 5) is 60.2. The highest BCUT2D eigenvalue weighted by Gasteiger charge is 2.64. The van der Waals surface area contributed by atoms with E-state index in [4.69, 9.17) is 25.8 Å². The van der Waals surface area contributed by atoms with E-state index in [0.717, 1.165) is 16.0 Å². The Bertz CT molecular complexity index is 2340. The Morgan fingerprint density at radius 2 is 1.73 bits per heavy atom. The average Bonchev–Trinajstić information content (AvgIpc) is 4.07. The summed E-state index contributed by atoms with van der Waals surface area (Å²) in [6.07, 6.45) is 5.36. The van der Waals surface area contributed by atoms with Crippen molar-refractivity contribution in [2.75, 3.05) is 33.0 Å². The first-order chi connectivity index (χ1) is 31.3. The Balaban J connectivity index is 0.862. The van der Waals surface area contributed by atoms with Gasteiger partial charge in [0.25, 0.3) is 5.91 Å². The molecule has 4 amide bonds. The van der Waals surface area contributed by atoms with Crippen LogP contribution in [0.15, 0.2) is 66.6 Å². The number of aliphatic hydroxyl groups is 1. The molecule has 354 valence electrons. The zero-order valence-electron chi connectivity index (χ0n) is 38.6. The monoisotopic (exact) mass is 944 g/mol. The normalized spacial score (nSPS) is 20.2. The fourth-order valence-corrected chi connectivity index (χ4v) is 9.86. The lowest BCUT2D eigenvalue weighted by atomic mass is 9.49. The summed E-state index contributed by atoms with van der Waals surface area (Å²) >= 11 is 7.77. The quantitative estimate of drug-likeness (QED) is 0.0783. The van der Waals surface area contributed by atoms with Gasteiger partial charge in [0.1, 0.15) is 36.6 Å². The zero-order chi connectivity index (χ0) is 47.8. The number of carbonyl (C=O) groups is 4. The van der Waals surface area contributed by atoms with Gasteiger partial charge in [-0.25, -0.2) is 0 Å². The van der Waals surface area contributed by atoms with Crippen molar-refractivity contribution in [2.24, 2.45) is 16.2 Å². The van der Waals surface area contributed by atoms with Gasteiger partial charge in [-0.2, -0.15) is 10.4 Å². The van der Waals surface area contributed by atoms with E-state index in [9.17, 15) is 29.5 Å². The first-order valence-corrected chi connectivity index (χ1v) is 23.4. The summed E-state index contributed by atoms with van der Waals surface area (Å²) in [6.45, 7) is 15.3. The molecule has 6 rings (SSSR count). The Hall–Kier alpha value is -5.38. The highest BCUT2D eigenvalue weighted by Crippen LogP contribution is 2.55. The minimum atomic E-state index is -0.958. The van der Waals surface area contributed by atoms with Gasteiger partial charge in [0.15, 0.2) is 0 Å². The number of β-amino-alcohol motifs (C(OH)–C–C–N with tert-alkyl or cyclic N) is 1. The van der Waals surface area contributed by atoms with Crippen molar-refractivity contribution < 1.29 is 38.5 Å². The van der Waals surface area contributed by atoms with Crippen LogP contribution in [0, 0.1) is 27.6 Å². The number of halogens is 1. The fraction of sp³-hybridized carbons (Fsp3) is 0.521. The van der Waals surface area contributed by atoms with Crippen molar-refractivity contribution in [3.8, 4) is 22.3 Å². The van der Waals surface area contributed by atoms with E-state index in [1.807, 2.05) is 72.7 Å². The molecule has 66 heavy (non-hydrogen) atoms. The first kappa shape index (κ1) is 50.0. The second-order valence-electron chi connectivity index (χ2n) is 19.2. The third kappa shape index (κ3) is 12.1. The number of thiazole rings is 1. The number of carbonyl (C=O) groups excluding carboxylic acids is 4. The van der Waals surface area contributed by atoms with Gasteiger partial charge in [-0.3, -0.25) is 28.8 Å². The first-order valence-electron chi connectivity index (χ1n) is 22.2. The molecule has 2 aromatic carbocycles. The van der Waals surface area contributed by atoms with Crippen LogP contribution in [0.1, 0.15) is 89.2 Å². The van der Waals surface area contributed by atoms with E-state index < -0.39 is 46.2 Å². The second kappa shape index (κ2) is 21.5. The van der Waals surface area contributed by atoms with E-state index in [1.165, 1.54) is 11.1 Å². The molecule has 1 aliphatic carbocycles. The lowest BCUT2D eigenvalue weighted by molar-refractivity contribution is -0.164. The van der Waals surface area contributed by atoms with Crippen LogP contribution in [0.5, 0.6) is 5.75 Å². The molecule has 0 radical (unpaired) electrons. The maximum absolute atomic E-state index is 13.9. The summed E-state index contributed by atoms with van der Waals surface area (Å²) in [5.41, 5.74) is 3.01. The third-order valence-electron chi connectivity index (χ3n) is 12.3. The van der Waals surface area contributed by atoms with Gasteiger partial charge < -0.3 is 40.2 Å². The van der Waals surface area contributed by atoms with Crippen LogP contribution in [0.25, 0.3) is 10.4 Å². The summed E-state index contributed by atoms with van der Waals surface area (Å²) in [7, 11) is 0. The minimum Gasteiger partial charge on any atom is -0.489 e. The lowest BCUT2D eigenvalue weighted by Crippen LogP contribution is -2.74. The molecule has 3 atom stereocenters. The van der Waals surface area contributed by atoms with Gasteiger partial charge in [-0.05, 0) is 41.5 Å². The van der Waals surface area contributed by atoms with Crippen molar-refractivity contribution in [1.82, 2.24) is 35.6 Å². The molecule has 1 aliphatic heterocycles. The van der Waals surface area contributed by atoms with Gasteiger partial charge in [0.2, 0.25) is 17.7 Å². The molecule has 2 aromatic heterocycles. The van der Waals surface area contributed by atoms with Gasteiger partial charge in [0.05, 0.1) is 52.0 Å². The highest BCUT2D eigenvalue weighted by molar-refractivity contribution is 7.13. The Labute approximate surface area is 395 Å². The molecular formula is C48H61ClN8O8S. The molecule has 1 saturated heterocycles. The Kier molecular flexibility index (Phi) is 16.3. The molecule has 4 aromatic rings. The predicted octanol–water partition coefficient (Wildman–Crippen LogP) is 5.77. The van der Waals surface area contributed by atoms with Gasteiger partial charge >= 0.3 is 0 Å². The molecule has 2 aliphatic rings. The number of hydrogen-bond donors (Lipinski definition) is 4. The van der Waals surface area contributed by atoms with Crippen LogP contribution < -0.4 is 20.7 Å². The van der Waals surface area contributed by atoms with Gasteiger partial charge in [0, 0.05) is 68.1 Å². The molecule has 2 fully saturated rings. The van der Waals surface area contributed by atoms with Crippen molar-refractivity contribution >= 4 is 46.6 Å². The number of nitrogens with one attached hydrogen (secondary N) is 3. The molecule has 1 saturated carbocycles. The second-order valence-corrected chi connectivity index (χ2v) is 20.5. The molecule has 3 heterocycles. The maximum Gasteiger partial charge on any atom is 0.254 e. The Morgan fingerprint density at radius 1 is 1.02 bits per heavy atom. The molecule has 0 unspecified atom stereocenters. The summed E-state index contributed by atoms with van der Waals surface area (Å²) < 4.78 is 19.4. The topological polar surface area (TPSA) is 210 Å². The van der Waals surface area contributed by atoms with Crippen LogP contribution in [0.3, 0.4) is 0 Å². The molecule has 0 spiro atoms. The van der Waals surface area contributed by atoms with E-state index in [2.05, 4.69) is 32.1 Å². The van der Waals surface area contributed by atoms with E-state index in [0.29, 0.717) is 61.1 Å². The number of benzene rings is 2. The summed E-state index contributed by atoms with van der Waals surface area (Å²) in [5.74, 6) is -0.941. The third-order valence-corrected chi connectivity index (χ3v) is 13.4. The van der Waals surface area contributed by atoms with Crippen molar-refractivity contribution in [2.45, 2.75) is 111 Å². The van der Waals surface area contributed by atoms with E-state index in [-0.39, 0.29) is 50.1 Å². The van der Waals surface area contributed by atoms with Crippen LogP contribution in [-0.2, 0) is 36.9 Å². The largest absolute Gasteiger partial charge is 0.489 e. The fourth-order valence-electron chi connectivity index (χ4n) is 9.02. The SMILES string of the molecule is CC1(C)C(NC(=O)c2cnn(CCOCCCCOCC(=O)N[C@H](C(=O)N3C[C@H](O)C[C@H]3C(=O)NCc3ccc(-c4cncs4)cc3)C(C)(C)C)c2)C(C)(C)C1Oc1ccc(C#N)c(Cl)c1. The van der Waals surface area contributed by atoms with Crippen LogP contribution in [0.4, 0.5) is 0 Å². The summed E-state index contributed by atoms with van der Waals surface area (Å²) in [6, 6.07) is 12.8. The number of hydrogen-bond acceptors (Lipinski definition) is 12. The van der Waals surface area contributed by atoms with Crippen molar-refractivity contribution in [3.05, 3.63) is 88.3 Å². The molecule has 4 N–H and O–H groups in total. The van der Waals surface area contributed by atoms with Gasteiger partial charge in [-0.15, -0.1) is 11.3 Å². The van der Waals surface area contributed by atoms with Crippen LogP contribution in [-0.4, -0.2) is 112 Å². The molecular weight excluding hydrogens is 884 g/mol. The van der Waals surface area contributed by atoms with Crippen LogP contribution in [0.2, 0.25) is 5.02 Å². The Morgan fingerprint density at radius 3 is 2.38 bits per heavy atom. The number of unbranched alkanes of at least 4 members (excludes halogenated alkanes) is 1. The minimum absolute atomic E-state index is 0.0163. The standard InChI is InChI=1S/C48H61ClN8O8S/c1-46(2,3)40(43(62)57-27-34(58)20-37(57)42(61)52-23-30-10-12-31(13-11-30)38-25-51-29-66-38)54-39(59)28-64-18-9-8-17-63-19-16-56-26-33(24-53-56)41(60)55-44-47(4,5)45(48(44,6)7)65-35-15-14-32(22-50)36(49)21-35/h10-15,21,24-26,29,34,37,40,44-45,58H,8-9,16-20,23,27-28H2,1-7H3,(H,52,61)(H,54,59)(H,55,60)/t34-,37+,40-,44?,45?/m1/s1. The number of nitrogens with zero attached hydrogens (tertiary/aromatic N) is 5. The van der Waals surface area contributed by atoms with Crippen molar-refractivity contribution in [3.63, 3.8) is 0 Å². The molecule has 18 heteroatoms. The number of aliphatic hydroxyl groups excluding tert-OH is 1. The number of rotatable bonds is 20. The average molecular weight is 946 g/mol. The van der Waals surface area contributed by atoms with Gasteiger partial charge in [-0.1, -0.05) is 84.3 Å².